The van der Waals surface area contributed by atoms with Crippen LogP contribution in [0.5, 0.6) is 11.5 Å². The molecule has 0 amide bonds. The van der Waals surface area contributed by atoms with Gasteiger partial charge in [0.2, 0.25) is 0 Å². The molecule has 2 aromatic heterocycles. The Kier molecular flexibility index (Phi) is 5.43. The molecule has 2 fully saturated rings. The number of hydrogen-bond acceptors (Lipinski definition) is 4. The predicted molar refractivity (Wildman–Crippen MR) is 103 cm³/mol. The fraction of sp³-hybridized carbons (Fsp3) is 0.600. The Hall–Kier alpha value is -1.00. The molecule has 0 spiro atoms. The zero-order valence-electron chi connectivity index (χ0n) is 14.2. The molecule has 4 heteroatoms. The van der Waals surface area contributed by atoms with E-state index in [0.29, 0.717) is 12.2 Å². The quantitative estimate of drug-likeness (QED) is 0.576. The fourth-order valence-electron chi connectivity index (χ4n) is 3.81. The van der Waals surface area contributed by atoms with Crippen molar-refractivity contribution in [2.45, 2.75) is 76.4 Å². The van der Waals surface area contributed by atoms with Gasteiger partial charge < -0.3 is 9.47 Å². The van der Waals surface area contributed by atoms with Crippen molar-refractivity contribution in [3.63, 3.8) is 0 Å². The van der Waals surface area contributed by atoms with Crippen LogP contribution in [0.1, 0.15) is 64.2 Å². The second kappa shape index (κ2) is 7.92. The summed E-state index contributed by atoms with van der Waals surface area (Å²) in [4.78, 5) is 2.55. The lowest BCUT2D eigenvalue weighted by Crippen LogP contribution is -2.19. The Bertz CT molecular complexity index is 634. The number of thiophene rings is 2. The molecule has 2 nitrogen and oxygen atoms in total. The van der Waals surface area contributed by atoms with Crippen LogP contribution in [0.15, 0.2) is 22.9 Å². The molecule has 2 aromatic rings. The largest absolute Gasteiger partial charge is 0.490 e. The highest BCUT2D eigenvalue weighted by molar-refractivity contribution is 7.20. The summed E-state index contributed by atoms with van der Waals surface area (Å²) in [6.07, 6.45) is 13.6. The van der Waals surface area contributed by atoms with Crippen LogP contribution in [0.2, 0.25) is 0 Å². The molecule has 2 aliphatic carbocycles. The van der Waals surface area contributed by atoms with Crippen molar-refractivity contribution in [2.75, 3.05) is 0 Å². The van der Waals surface area contributed by atoms with E-state index >= 15 is 0 Å². The lowest BCUT2D eigenvalue weighted by Gasteiger charge is -2.23. The molecule has 24 heavy (non-hydrogen) atoms. The molecule has 130 valence electrons. The maximum atomic E-state index is 6.32. The van der Waals surface area contributed by atoms with Gasteiger partial charge in [-0.15, -0.1) is 22.7 Å². The van der Waals surface area contributed by atoms with Crippen molar-refractivity contribution in [2.24, 2.45) is 0 Å². The molecule has 0 bridgehead atoms. The molecule has 2 heterocycles. The summed E-state index contributed by atoms with van der Waals surface area (Å²) >= 11 is 3.56. The van der Waals surface area contributed by atoms with Crippen molar-refractivity contribution in [1.82, 2.24) is 0 Å². The van der Waals surface area contributed by atoms with Crippen molar-refractivity contribution >= 4 is 22.7 Å². The molecule has 0 radical (unpaired) electrons. The van der Waals surface area contributed by atoms with Crippen molar-refractivity contribution in [1.29, 1.82) is 0 Å². The van der Waals surface area contributed by atoms with Gasteiger partial charge in [-0.2, -0.15) is 0 Å². The minimum absolute atomic E-state index is 0.407. The van der Waals surface area contributed by atoms with Crippen LogP contribution in [0.4, 0.5) is 0 Å². The maximum Gasteiger partial charge on any atom is 0.139 e. The molecule has 0 aromatic carbocycles. The van der Waals surface area contributed by atoms with Crippen LogP contribution in [0.25, 0.3) is 9.75 Å². The van der Waals surface area contributed by atoms with Crippen LogP contribution in [0.3, 0.4) is 0 Å². The minimum atomic E-state index is 0.407. The summed E-state index contributed by atoms with van der Waals surface area (Å²) in [7, 11) is 0. The summed E-state index contributed by atoms with van der Waals surface area (Å²) in [5.41, 5.74) is 0. The van der Waals surface area contributed by atoms with Crippen LogP contribution in [-0.2, 0) is 0 Å². The van der Waals surface area contributed by atoms with E-state index in [-0.39, 0.29) is 0 Å². The van der Waals surface area contributed by atoms with Crippen LogP contribution in [0, 0.1) is 0 Å². The highest BCUT2D eigenvalue weighted by atomic mass is 32.1. The van der Waals surface area contributed by atoms with Gasteiger partial charge in [-0.3, -0.25) is 0 Å². The molecule has 0 unspecified atom stereocenters. The van der Waals surface area contributed by atoms with Gasteiger partial charge in [0.05, 0.1) is 22.0 Å². The van der Waals surface area contributed by atoms with E-state index in [1.54, 1.807) is 22.7 Å². The van der Waals surface area contributed by atoms with E-state index in [9.17, 15) is 0 Å². The first kappa shape index (κ1) is 16.5. The monoisotopic (exact) mass is 362 g/mol. The molecule has 0 saturated heterocycles. The zero-order valence-corrected chi connectivity index (χ0v) is 15.8. The van der Waals surface area contributed by atoms with E-state index in [0.717, 1.165) is 11.5 Å². The van der Waals surface area contributed by atoms with Gasteiger partial charge in [0.25, 0.3) is 0 Å². The van der Waals surface area contributed by atoms with Crippen molar-refractivity contribution in [3.05, 3.63) is 22.9 Å². The first-order valence-electron chi connectivity index (χ1n) is 9.38. The molecule has 0 N–H and O–H groups in total. The first-order valence-corrected chi connectivity index (χ1v) is 11.1. The normalized spacial score (nSPS) is 20.2. The van der Waals surface area contributed by atoms with E-state index in [1.807, 2.05) is 0 Å². The second-order valence-electron chi connectivity index (χ2n) is 7.02. The average Bonchev–Trinajstić information content (AvgIpc) is 3.26. The number of ether oxygens (including phenoxy) is 2. The average molecular weight is 363 g/mol. The summed E-state index contributed by atoms with van der Waals surface area (Å²) < 4.78 is 12.5. The molecule has 2 aliphatic rings. The molecule has 2 saturated carbocycles. The molecular formula is C20H26O2S2. The Labute approximate surface area is 152 Å². The predicted octanol–water partition coefficient (Wildman–Crippen LogP) is 6.90. The first-order chi connectivity index (χ1) is 11.9. The number of rotatable bonds is 5. The van der Waals surface area contributed by atoms with Gasteiger partial charge in [0.1, 0.15) is 11.5 Å². The van der Waals surface area contributed by atoms with E-state index in [4.69, 9.17) is 9.47 Å². The molecule has 0 aliphatic heterocycles. The summed E-state index contributed by atoms with van der Waals surface area (Å²) in [6.45, 7) is 0. The molecule has 4 rings (SSSR count). The van der Waals surface area contributed by atoms with Gasteiger partial charge >= 0.3 is 0 Å². The standard InChI is InChI=1S/C20H26O2S2/c1-3-7-15(8-4-1)21-17-13-19(24-14-17)20-18(11-12-23-20)22-16-9-5-2-6-10-16/h11-16H,1-10H2. The Morgan fingerprint density at radius 2 is 1.46 bits per heavy atom. The second-order valence-corrected chi connectivity index (χ2v) is 8.84. The lowest BCUT2D eigenvalue weighted by molar-refractivity contribution is 0.155. The SMILES string of the molecule is c1cc(OC2CCCCC2)c(-c2cc(OC3CCCCC3)cs2)s1. The third-order valence-corrected chi connectivity index (χ3v) is 7.11. The van der Waals surface area contributed by atoms with Gasteiger partial charge in [0.15, 0.2) is 0 Å². The maximum absolute atomic E-state index is 6.32. The third kappa shape index (κ3) is 3.97. The smallest absolute Gasteiger partial charge is 0.139 e. The number of hydrogen-bond donors (Lipinski definition) is 0. The molecule has 0 atom stereocenters. The van der Waals surface area contributed by atoms with Crippen LogP contribution < -0.4 is 9.47 Å². The summed E-state index contributed by atoms with van der Waals surface area (Å²) in [5, 5.41) is 4.31. The van der Waals surface area contributed by atoms with Crippen molar-refractivity contribution in [3.8, 4) is 21.3 Å². The van der Waals surface area contributed by atoms with E-state index in [2.05, 4.69) is 22.9 Å². The van der Waals surface area contributed by atoms with Crippen molar-refractivity contribution < 1.29 is 9.47 Å². The summed E-state index contributed by atoms with van der Waals surface area (Å²) in [5.74, 6) is 2.11. The highest BCUT2D eigenvalue weighted by Gasteiger charge is 2.20. The Morgan fingerprint density at radius 1 is 0.792 bits per heavy atom. The Morgan fingerprint density at radius 3 is 2.17 bits per heavy atom. The highest BCUT2D eigenvalue weighted by Crippen LogP contribution is 2.42. The third-order valence-electron chi connectivity index (χ3n) is 5.13. The summed E-state index contributed by atoms with van der Waals surface area (Å²) in [6, 6.07) is 4.34. The van der Waals surface area contributed by atoms with Gasteiger partial charge in [-0.05, 0) is 68.9 Å². The van der Waals surface area contributed by atoms with Crippen LogP contribution >= 0.6 is 22.7 Å². The minimum Gasteiger partial charge on any atom is -0.490 e. The molecular weight excluding hydrogens is 336 g/mol. The Balaban J connectivity index is 1.43. The fourth-order valence-corrected chi connectivity index (χ4v) is 5.59. The van der Waals surface area contributed by atoms with Gasteiger partial charge in [0, 0.05) is 5.38 Å². The van der Waals surface area contributed by atoms with Gasteiger partial charge in [-0.25, -0.2) is 0 Å². The lowest BCUT2D eigenvalue weighted by atomic mass is 9.98. The topological polar surface area (TPSA) is 18.5 Å². The van der Waals surface area contributed by atoms with E-state index < -0.39 is 0 Å². The van der Waals surface area contributed by atoms with Crippen LogP contribution in [-0.4, -0.2) is 12.2 Å². The zero-order chi connectivity index (χ0) is 16.2. The van der Waals surface area contributed by atoms with E-state index in [1.165, 1.54) is 74.0 Å². The van der Waals surface area contributed by atoms with Gasteiger partial charge in [-0.1, -0.05) is 12.8 Å².